The first kappa shape index (κ1) is 14.5. The van der Waals surface area contributed by atoms with Crippen molar-refractivity contribution in [3.8, 4) is 0 Å². The van der Waals surface area contributed by atoms with E-state index in [1.165, 1.54) is 32.1 Å². The molecule has 2 N–H and O–H groups in total. The average Bonchev–Trinajstić information content (AvgIpc) is 3.08. The van der Waals surface area contributed by atoms with Crippen molar-refractivity contribution in [2.24, 2.45) is 34.6 Å². The molecule has 4 aliphatic carbocycles. The van der Waals surface area contributed by atoms with Gasteiger partial charge in [-0.25, -0.2) is 0 Å². The van der Waals surface area contributed by atoms with Gasteiger partial charge in [0.05, 0.1) is 6.54 Å². The number of rotatable bonds is 3. The lowest BCUT2D eigenvalue weighted by Crippen LogP contribution is -2.49. The largest absolute Gasteiger partial charge is 0.368 e. The van der Waals surface area contributed by atoms with Gasteiger partial charge in [0.1, 0.15) is 5.84 Å². The standard InChI is InChI=1S/C20H25N3O/c24-20(18-15-7-12-6-13(9-15)10-16(18)8-12)23-17-3-1-2-14(11-17)19-21-4-5-22-19/h1-3,11-13,15-16,18H,4-10H2,(H,21,22)(H,23,24). The monoisotopic (exact) mass is 323 g/mol. The van der Waals surface area contributed by atoms with Crippen LogP contribution in [0.4, 0.5) is 5.69 Å². The summed E-state index contributed by atoms with van der Waals surface area (Å²) in [5.74, 6) is 4.51. The minimum absolute atomic E-state index is 0.239. The van der Waals surface area contributed by atoms with Gasteiger partial charge in [0.15, 0.2) is 0 Å². The Morgan fingerprint density at radius 2 is 1.83 bits per heavy atom. The SMILES string of the molecule is O=C(Nc1cccc(C2=NCCN2)c1)C1C2CC3CC(C2)CC1C3. The number of hydrogen-bond donors (Lipinski definition) is 2. The Kier molecular flexibility index (Phi) is 3.39. The van der Waals surface area contributed by atoms with Crippen LogP contribution >= 0.6 is 0 Å². The molecule has 4 bridgehead atoms. The molecule has 1 amide bonds. The Hall–Kier alpha value is -1.84. The maximum Gasteiger partial charge on any atom is 0.228 e. The van der Waals surface area contributed by atoms with Crippen LogP contribution in [-0.2, 0) is 4.79 Å². The Morgan fingerprint density at radius 3 is 2.50 bits per heavy atom. The smallest absolute Gasteiger partial charge is 0.228 e. The second-order valence-electron chi connectivity index (χ2n) is 8.18. The van der Waals surface area contributed by atoms with Crippen molar-refractivity contribution >= 4 is 17.4 Å². The van der Waals surface area contributed by atoms with Crippen molar-refractivity contribution in [2.75, 3.05) is 18.4 Å². The van der Waals surface area contributed by atoms with E-state index < -0.39 is 0 Å². The molecule has 1 heterocycles. The summed E-state index contributed by atoms with van der Waals surface area (Å²) in [6, 6.07) is 8.10. The number of benzene rings is 1. The van der Waals surface area contributed by atoms with Gasteiger partial charge in [-0.3, -0.25) is 9.79 Å². The molecule has 1 aliphatic heterocycles. The minimum atomic E-state index is 0.239. The van der Waals surface area contributed by atoms with Gasteiger partial charge in [-0.15, -0.1) is 0 Å². The summed E-state index contributed by atoms with van der Waals surface area (Å²) in [5, 5.41) is 6.51. The summed E-state index contributed by atoms with van der Waals surface area (Å²) in [4.78, 5) is 17.4. The molecule has 126 valence electrons. The number of carbonyl (C=O) groups excluding carboxylic acids is 1. The Balaban J connectivity index is 1.33. The lowest BCUT2D eigenvalue weighted by Gasteiger charge is -2.53. The Morgan fingerprint density at radius 1 is 1.08 bits per heavy atom. The predicted octanol–water partition coefficient (Wildman–Crippen LogP) is 3.05. The third kappa shape index (κ3) is 2.43. The van der Waals surface area contributed by atoms with E-state index in [-0.39, 0.29) is 11.8 Å². The maximum absolute atomic E-state index is 13.0. The van der Waals surface area contributed by atoms with Crippen LogP contribution in [0.2, 0.25) is 0 Å². The average molecular weight is 323 g/mol. The van der Waals surface area contributed by atoms with Gasteiger partial charge in [0.2, 0.25) is 5.91 Å². The van der Waals surface area contributed by atoms with Crippen molar-refractivity contribution in [3.05, 3.63) is 29.8 Å². The number of hydrogen-bond acceptors (Lipinski definition) is 3. The second-order valence-corrected chi connectivity index (χ2v) is 8.18. The van der Waals surface area contributed by atoms with E-state index >= 15 is 0 Å². The van der Waals surface area contributed by atoms with Crippen molar-refractivity contribution in [2.45, 2.75) is 32.1 Å². The molecule has 1 aromatic rings. The summed E-state index contributed by atoms with van der Waals surface area (Å²) >= 11 is 0. The van der Waals surface area contributed by atoms with E-state index in [9.17, 15) is 4.79 Å². The van der Waals surface area contributed by atoms with Gasteiger partial charge >= 0.3 is 0 Å². The lowest BCUT2D eigenvalue weighted by atomic mass is 9.51. The van der Waals surface area contributed by atoms with E-state index in [1.807, 2.05) is 18.2 Å². The van der Waals surface area contributed by atoms with Gasteiger partial charge < -0.3 is 10.6 Å². The van der Waals surface area contributed by atoms with Crippen LogP contribution in [0.5, 0.6) is 0 Å². The molecule has 4 nitrogen and oxygen atoms in total. The minimum Gasteiger partial charge on any atom is -0.368 e. The highest BCUT2D eigenvalue weighted by Gasteiger charge is 2.50. The lowest BCUT2D eigenvalue weighted by molar-refractivity contribution is -0.132. The zero-order chi connectivity index (χ0) is 16.1. The zero-order valence-corrected chi connectivity index (χ0v) is 14.0. The molecule has 6 rings (SSSR count). The molecular weight excluding hydrogens is 298 g/mol. The van der Waals surface area contributed by atoms with E-state index in [1.54, 1.807) is 0 Å². The number of carbonyl (C=O) groups is 1. The number of amides is 1. The number of aliphatic imine (C=N–C) groups is 1. The van der Waals surface area contributed by atoms with E-state index in [4.69, 9.17) is 0 Å². The summed E-state index contributed by atoms with van der Waals surface area (Å²) in [6.45, 7) is 1.74. The molecule has 4 fully saturated rings. The zero-order valence-electron chi connectivity index (χ0n) is 14.0. The fourth-order valence-corrected chi connectivity index (χ4v) is 5.91. The highest BCUT2D eigenvalue weighted by Crippen LogP contribution is 2.56. The highest BCUT2D eigenvalue weighted by atomic mass is 16.1. The molecule has 0 unspecified atom stereocenters. The van der Waals surface area contributed by atoms with Crippen molar-refractivity contribution in [3.63, 3.8) is 0 Å². The van der Waals surface area contributed by atoms with Crippen LogP contribution in [0, 0.1) is 29.6 Å². The summed E-state index contributed by atoms with van der Waals surface area (Å²) in [7, 11) is 0. The fraction of sp³-hybridized carbons (Fsp3) is 0.600. The molecule has 5 aliphatic rings. The van der Waals surface area contributed by atoms with Crippen LogP contribution in [0.3, 0.4) is 0 Å². The third-order valence-corrected chi connectivity index (χ3v) is 6.61. The first-order valence-electron chi connectivity index (χ1n) is 9.46. The molecule has 0 radical (unpaired) electrons. The number of amidine groups is 1. The molecule has 24 heavy (non-hydrogen) atoms. The van der Waals surface area contributed by atoms with Crippen molar-refractivity contribution in [1.82, 2.24) is 5.32 Å². The number of nitrogens with zero attached hydrogens (tertiary/aromatic N) is 1. The van der Waals surface area contributed by atoms with Gasteiger partial charge in [0.25, 0.3) is 0 Å². The first-order chi connectivity index (χ1) is 11.8. The highest BCUT2D eigenvalue weighted by molar-refractivity contribution is 6.01. The van der Waals surface area contributed by atoms with Gasteiger partial charge in [-0.05, 0) is 67.9 Å². The Labute approximate surface area is 143 Å². The van der Waals surface area contributed by atoms with Crippen LogP contribution in [0.15, 0.2) is 29.3 Å². The second kappa shape index (κ2) is 5.61. The molecule has 4 heteroatoms. The van der Waals surface area contributed by atoms with Crippen molar-refractivity contribution in [1.29, 1.82) is 0 Å². The summed E-state index contributed by atoms with van der Waals surface area (Å²) < 4.78 is 0. The van der Waals surface area contributed by atoms with Crippen LogP contribution < -0.4 is 10.6 Å². The maximum atomic E-state index is 13.0. The normalized spacial score (nSPS) is 36.3. The molecule has 0 atom stereocenters. The van der Waals surface area contributed by atoms with Crippen LogP contribution in [0.1, 0.15) is 37.7 Å². The van der Waals surface area contributed by atoms with Crippen LogP contribution in [0.25, 0.3) is 0 Å². The van der Waals surface area contributed by atoms with E-state index in [0.29, 0.717) is 11.8 Å². The summed E-state index contributed by atoms with van der Waals surface area (Å²) in [6.07, 6.45) is 6.56. The molecule has 0 saturated heterocycles. The molecule has 0 spiro atoms. The van der Waals surface area contributed by atoms with E-state index in [0.717, 1.165) is 42.0 Å². The molecular formula is C20H25N3O. The quantitative estimate of drug-likeness (QED) is 0.898. The van der Waals surface area contributed by atoms with Gasteiger partial charge in [0, 0.05) is 23.7 Å². The van der Waals surface area contributed by atoms with E-state index in [2.05, 4.69) is 21.7 Å². The van der Waals surface area contributed by atoms with Crippen molar-refractivity contribution < 1.29 is 4.79 Å². The number of anilines is 1. The molecule has 4 saturated carbocycles. The first-order valence-corrected chi connectivity index (χ1v) is 9.46. The van der Waals surface area contributed by atoms with Gasteiger partial charge in [-0.1, -0.05) is 12.1 Å². The third-order valence-electron chi connectivity index (χ3n) is 6.61. The Bertz CT molecular complexity index is 668. The molecule has 0 aromatic heterocycles. The number of nitrogens with one attached hydrogen (secondary N) is 2. The fourth-order valence-electron chi connectivity index (χ4n) is 5.91. The molecule has 1 aromatic carbocycles. The van der Waals surface area contributed by atoms with Gasteiger partial charge in [-0.2, -0.15) is 0 Å². The van der Waals surface area contributed by atoms with Crippen LogP contribution in [-0.4, -0.2) is 24.8 Å². The summed E-state index contributed by atoms with van der Waals surface area (Å²) in [5.41, 5.74) is 1.97. The topological polar surface area (TPSA) is 53.5 Å². The predicted molar refractivity (Wildman–Crippen MR) is 95.0 cm³/mol.